The van der Waals surface area contributed by atoms with Crippen LogP contribution < -0.4 is 10.3 Å². The Morgan fingerprint density at radius 3 is 2.14 bits per heavy atom. The van der Waals surface area contributed by atoms with Crippen molar-refractivity contribution in [3.8, 4) is 11.5 Å². The van der Waals surface area contributed by atoms with Crippen LogP contribution in [0.25, 0.3) is 0 Å². The number of methoxy groups -OCH3 is 1. The summed E-state index contributed by atoms with van der Waals surface area (Å²) in [5, 5.41) is 11.0. The zero-order chi connectivity index (χ0) is 27.0. The summed E-state index contributed by atoms with van der Waals surface area (Å²) in [4.78, 5) is 23.7. The number of halogens is 5. The van der Waals surface area contributed by atoms with E-state index in [1.165, 1.54) is 64.4 Å². The summed E-state index contributed by atoms with van der Waals surface area (Å²) in [7, 11) is 2.52. The molecule has 0 aliphatic carbocycles. The van der Waals surface area contributed by atoms with Gasteiger partial charge in [0.15, 0.2) is 5.60 Å². The topological polar surface area (TPSA) is 77.8 Å². The average molecular weight is 544 g/mol. The van der Waals surface area contributed by atoms with Crippen molar-refractivity contribution in [1.29, 1.82) is 0 Å². The molecule has 36 heavy (non-hydrogen) atoms. The van der Waals surface area contributed by atoms with E-state index in [-0.39, 0.29) is 38.2 Å². The maximum atomic E-state index is 14.3. The minimum Gasteiger partial charge on any atom is -0.465 e. The Hall–Kier alpha value is -3.01. The SMILES string of the molecule is COC(=O)c1ccc(Oc2ccc(C(C)C(O)(c3cc(C)c(=O)n(C)c3)C(F)(F)F)c(Cl)c2)cc1Cl. The fourth-order valence-electron chi connectivity index (χ4n) is 3.86. The molecular formula is C25H22Cl2F3NO5. The highest BCUT2D eigenvalue weighted by Crippen LogP contribution is 2.50. The van der Waals surface area contributed by atoms with Gasteiger partial charge >= 0.3 is 12.1 Å². The van der Waals surface area contributed by atoms with Crippen molar-refractivity contribution in [1.82, 2.24) is 4.57 Å². The van der Waals surface area contributed by atoms with Gasteiger partial charge in [-0.25, -0.2) is 4.79 Å². The van der Waals surface area contributed by atoms with Crippen LogP contribution in [0.4, 0.5) is 13.2 Å². The minimum atomic E-state index is -5.09. The van der Waals surface area contributed by atoms with Crippen LogP contribution in [0, 0.1) is 6.92 Å². The lowest BCUT2D eigenvalue weighted by Gasteiger charge is -2.37. The first-order valence-electron chi connectivity index (χ1n) is 10.5. The number of carbonyl (C=O) groups is 1. The van der Waals surface area contributed by atoms with Gasteiger partial charge in [0.05, 0.1) is 17.7 Å². The van der Waals surface area contributed by atoms with E-state index < -0.39 is 34.8 Å². The first-order valence-corrected chi connectivity index (χ1v) is 11.3. The molecule has 0 saturated carbocycles. The highest BCUT2D eigenvalue weighted by Gasteiger charge is 2.59. The lowest BCUT2D eigenvalue weighted by atomic mass is 9.78. The molecule has 2 unspecified atom stereocenters. The van der Waals surface area contributed by atoms with Crippen LogP contribution in [-0.4, -0.2) is 28.9 Å². The van der Waals surface area contributed by atoms with Crippen molar-refractivity contribution in [2.24, 2.45) is 7.05 Å². The monoisotopic (exact) mass is 543 g/mol. The third-order valence-electron chi connectivity index (χ3n) is 5.88. The van der Waals surface area contributed by atoms with Crippen molar-refractivity contribution in [3.63, 3.8) is 0 Å². The van der Waals surface area contributed by atoms with Gasteiger partial charge in [0.1, 0.15) is 11.5 Å². The van der Waals surface area contributed by atoms with Gasteiger partial charge in [-0.1, -0.05) is 36.2 Å². The molecular weight excluding hydrogens is 522 g/mol. The van der Waals surface area contributed by atoms with Crippen LogP contribution in [-0.2, 0) is 17.4 Å². The van der Waals surface area contributed by atoms with Gasteiger partial charge in [-0.3, -0.25) is 4.79 Å². The molecule has 6 nitrogen and oxygen atoms in total. The quantitative estimate of drug-likeness (QED) is 0.378. The Morgan fingerprint density at radius 2 is 1.64 bits per heavy atom. The number of alkyl halides is 3. The Labute approximate surface area is 214 Å². The lowest BCUT2D eigenvalue weighted by molar-refractivity contribution is -0.274. The number of esters is 1. The second-order valence-corrected chi connectivity index (χ2v) is 9.05. The normalized spacial score (nSPS) is 14.2. The number of nitrogens with zero attached hydrogens (tertiary/aromatic N) is 1. The van der Waals surface area contributed by atoms with Crippen molar-refractivity contribution in [2.45, 2.75) is 31.5 Å². The summed E-state index contributed by atoms with van der Waals surface area (Å²) in [6.07, 6.45) is -4.13. The number of aromatic nitrogens is 1. The molecule has 0 radical (unpaired) electrons. The summed E-state index contributed by atoms with van der Waals surface area (Å²) >= 11 is 12.4. The van der Waals surface area contributed by atoms with Crippen LogP contribution in [0.3, 0.4) is 0 Å². The molecule has 3 rings (SSSR count). The van der Waals surface area contributed by atoms with E-state index in [1.54, 1.807) is 0 Å². The summed E-state index contributed by atoms with van der Waals surface area (Å²) in [5.74, 6) is -1.74. The number of benzene rings is 2. The molecule has 1 N–H and O–H groups in total. The van der Waals surface area contributed by atoms with E-state index >= 15 is 0 Å². The average Bonchev–Trinajstić information content (AvgIpc) is 2.80. The molecule has 192 valence electrons. The first-order chi connectivity index (χ1) is 16.7. The predicted molar refractivity (Wildman–Crippen MR) is 129 cm³/mol. The molecule has 0 spiro atoms. The number of aliphatic hydroxyl groups is 1. The van der Waals surface area contributed by atoms with E-state index in [4.69, 9.17) is 27.9 Å². The molecule has 1 heterocycles. The molecule has 0 aliphatic rings. The number of rotatable bonds is 6. The maximum absolute atomic E-state index is 14.3. The van der Waals surface area contributed by atoms with Crippen LogP contribution in [0.2, 0.25) is 10.0 Å². The van der Waals surface area contributed by atoms with Gasteiger partial charge in [0, 0.05) is 41.4 Å². The third kappa shape index (κ3) is 5.09. The number of carbonyl (C=O) groups excluding carboxylic acids is 1. The Bertz CT molecular complexity index is 1350. The van der Waals surface area contributed by atoms with Crippen LogP contribution in [0.1, 0.15) is 39.9 Å². The molecule has 3 aromatic rings. The molecule has 11 heteroatoms. The molecule has 1 aromatic heterocycles. The van der Waals surface area contributed by atoms with Crippen LogP contribution in [0.15, 0.2) is 53.5 Å². The zero-order valence-electron chi connectivity index (χ0n) is 19.6. The van der Waals surface area contributed by atoms with Gasteiger partial charge in [-0.05, 0) is 42.8 Å². The zero-order valence-corrected chi connectivity index (χ0v) is 21.1. The molecule has 0 amide bonds. The van der Waals surface area contributed by atoms with Crippen LogP contribution in [0.5, 0.6) is 11.5 Å². The molecule has 0 fully saturated rings. The Kier molecular flexibility index (Phi) is 7.78. The van der Waals surface area contributed by atoms with Crippen molar-refractivity contribution in [3.05, 3.63) is 91.3 Å². The summed E-state index contributed by atoms with van der Waals surface area (Å²) < 4.78 is 54.2. The van der Waals surface area contributed by atoms with Crippen LogP contribution >= 0.6 is 23.2 Å². The summed E-state index contributed by atoms with van der Waals surface area (Å²) in [6, 6.07) is 9.29. The fraction of sp³-hybridized carbons (Fsp3) is 0.280. The smallest absolute Gasteiger partial charge is 0.422 e. The molecule has 2 atom stereocenters. The molecule has 0 saturated heterocycles. The van der Waals surface area contributed by atoms with E-state index in [1.807, 2.05) is 0 Å². The standard InChI is InChI=1S/C25H22Cl2F3NO5/c1-13-9-15(12-31(3)22(13)32)24(34,25(28,29)30)14(2)18-7-5-16(10-20(18)26)36-17-6-8-19(21(27)11-17)23(33)35-4/h5-12,14,34H,1-4H3. The number of ether oxygens (including phenoxy) is 2. The number of hydrogen-bond donors (Lipinski definition) is 1. The minimum absolute atomic E-state index is 0.00872. The predicted octanol–water partition coefficient (Wildman–Crippen LogP) is 6.13. The molecule has 2 aromatic carbocycles. The summed E-state index contributed by atoms with van der Waals surface area (Å²) in [5.41, 5.74) is -4.11. The highest BCUT2D eigenvalue weighted by atomic mass is 35.5. The molecule has 0 bridgehead atoms. The van der Waals surface area contributed by atoms with E-state index in [9.17, 15) is 27.9 Å². The van der Waals surface area contributed by atoms with Gasteiger partial charge in [0.2, 0.25) is 0 Å². The number of pyridine rings is 1. The van der Waals surface area contributed by atoms with Gasteiger partial charge in [-0.15, -0.1) is 0 Å². The first kappa shape index (κ1) is 27.6. The fourth-order valence-corrected chi connectivity index (χ4v) is 4.45. The van der Waals surface area contributed by atoms with Gasteiger partial charge < -0.3 is 19.1 Å². The summed E-state index contributed by atoms with van der Waals surface area (Å²) in [6.45, 7) is 2.57. The van der Waals surface area contributed by atoms with Crippen molar-refractivity contribution >= 4 is 29.2 Å². The second kappa shape index (κ2) is 10.2. The van der Waals surface area contributed by atoms with E-state index in [0.29, 0.717) is 0 Å². The maximum Gasteiger partial charge on any atom is 0.422 e. The lowest BCUT2D eigenvalue weighted by Crippen LogP contribution is -2.47. The third-order valence-corrected chi connectivity index (χ3v) is 6.52. The van der Waals surface area contributed by atoms with Crippen molar-refractivity contribution in [2.75, 3.05) is 7.11 Å². The number of aryl methyl sites for hydroxylation is 2. The Balaban J connectivity index is 1.98. The van der Waals surface area contributed by atoms with Gasteiger partial charge in [-0.2, -0.15) is 13.2 Å². The van der Waals surface area contributed by atoms with Gasteiger partial charge in [0.25, 0.3) is 5.56 Å². The largest absolute Gasteiger partial charge is 0.465 e. The van der Waals surface area contributed by atoms with Crippen molar-refractivity contribution < 1.29 is 32.5 Å². The van der Waals surface area contributed by atoms with E-state index in [2.05, 4.69) is 4.74 Å². The highest BCUT2D eigenvalue weighted by molar-refractivity contribution is 6.33. The molecule has 0 aliphatic heterocycles. The second-order valence-electron chi connectivity index (χ2n) is 8.23. The number of hydrogen-bond acceptors (Lipinski definition) is 5. The Morgan fingerprint density at radius 1 is 1.06 bits per heavy atom. The van der Waals surface area contributed by atoms with E-state index in [0.717, 1.165) is 16.8 Å².